The third kappa shape index (κ3) is 5.99. The third-order valence-electron chi connectivity index (χ3n) is 2.05. The van der Waals surface area contributed by atoms with Crippen molar-refractivity contribution in [2.45, 2.75) is 6.92 Å². The van der Waals surface area contributed by atoms with E-state index >= 15 is 0 Å². The van der Waals surface area contributed by atoms with Crippen molar-refractivity contribution in [3.63, 3.8) is 0 Å². The summed E-state index contributed by atoms with van der Waals surface area (Å²) in [5.74, 6) is -0.119. The van der Waals surface area contributed by atoms with Gasteiger partial charge in [-0.1, -0.05) is 23.2 Å². The molecule has 0 aromatic heterocycles. The van der Waals surface area contributed by atoms with Crippen molar-refractivity contribution in [1.82, 2.24) is 10.6 Å². The summed E-state index contributed by atoms with van der Waals surface area (Å²) < 4.78 is 9.89. The summed E-state index contributed by atoms with van der Waals surface area (Å²) in [5, 5.41) is 5.54. The maximum atomic E-state index is 11.3. The van der Waals surface area contributed by atoms with Crippen molar-refractivity contribution in [3.8, 4) is 5.75 Å². The second kappa shape index (κ2) is 8.50. The minimum atomic E-state index is -0.553. The van der Waals surface area contributed by atoms with E-state index in [1.54, 1.807) is 19.1 Å². The van der Waals surface area contributed by atoms with Gasteiger partial charge < -0.3 is 20.1 Å². The fourth-order valence-electron chi connectivity index (χ4n) is 1.20. The Bertz CT molecular complexity index is 483. The first-order valence-electron chi connectivity index (χ1n) is 5.78. The maximum Gasteiger partial charge on any atom is 0.325 e. The van der Waals surface area contributed by atoms with Gasteiger partial charge in [0, 0.05) is 5.02 Å². The molecule has 8 heteroatoms. The van der Waals surface area contributed by atoms with E-state index < -0.39 is 12.0 Å². The maximum absolute atomic E-state index is 11.3. The predicted molar refractivity (Wildman–Crippen MR) is 75.1 cm³/mol. The summed E-state index contributed by atoms with van der Waals surface area (Å²) in [6, 6.07) is 4.18. The van der Waals surface area contributed by atoms with Crippen LogP contribution in [0.25, 0.3) is 0 Å². The Morgan fingerprint density at radius 3 is 2.65 bits per heavy atom. The molecule has 1 aromatic carbocycles. The molecule has 2 N–H and O–H groups in total. The Labute approximate surface area is 126 Å². The molecule has 0 aliphatic rings. The zero-order chi connectivity index (χ0) is 15.0. The van der Waals surface area contributed by atoms with Crippen LogP contribution in [0.5, 0.6) is 5.75 Å². The molecule has 0 unspecified atom stereocenters. The normalized spacial score (nSPS) is 9.75. The molecular formula is C12H14Cl2N2O4. The molecule has 2 amide bonds. The van der Waals surface area contributed by atoms with Gasteiger partial charge >= 0.3 is 12.0 Å². The highest BCUT2D eigenvalue weighted by atomic mass is 35.5. The summed E-state index contributed by atoms with van der Waals surface area (Å²) in [4.78, 5) is 22.3. The Balaban J connectivity index is 2.26. The quantitative estimate of drug-likeness (QED) is 0.622. The van der Waals surface area contributed by atoms with Crippen LogP contribution in [0.4, 0.5) is 4.79 Å². The van der Waals surface area contributed by atoms with Crippen molar-refractivity contribution >= 4 is 35.2 Å². The molecular weight excluding hydrogens is 307 g/mol. The number of benzene rings is 1. The number of carbonyl (C=O) groups excluding carboxylic acids is 2. The molecule has 0 bridgehead atoms. The van der Waals surface area contributed by atoms with Gasteiger partial charge in [0.2, 0.25) is 0 Å². The first kappa shape index (κ1) is 16.4. The van der Waals surface area contributed by atoms with Crippen molar-refractivity contribution in [2.24, 2.45) is 0 Å². The summed E-state index contributed by atoms with van der Waals surface area (Å²) in [7, 11) is 0. The van der Waals surface area contributed by atoms with Gasteiger partial charge in [-0.3, -0.25) is 4.79 Å². The number of nitrogens with one attached hydrogen (secondary N) is 2. The van der Waals surface area contributed by atoms with Gasteiger partial charge in [-0.05, 0) is 25.1 Å². The van der Waals surface area contributed by atoms with Crippen LogP contribution in [0.3, 0.4) is 0 Å². The van der Waals surface area contributed by atoms with Gasteiger partial charge in [0.15, 0.2) is 6.73 Å². The number of hydrogen-bond donors (Lipinski definition) is 2. The molecule has 0 saturated carbocycles. The van der Waals surface area contributed by atoms with Crippen molar-refractivity contribution in [3.05, 3.63) is 28.2 Å². The van der Waals surface area contributed by atoms with Crippen LogP contribution in [0.1, 0.15) is 6.92 Å². The monoisotopic (exact) mass is 320 g/mol. The molecule has 0 saturated heterocycles. The third-order valence-corrected chi connectivity index (χ3v) is 2.58. The van der Waals surface area contributed by atoms with Crippen LogP contribution in [-0.2, 0) is 9.53 Å². The summed E-state index contributed by atoms with van der Waals surface area (Å²) in [6.45, 7) is 1.64. The lowest BCUT2D eigenvalue weighted by molar-refractivity contribution is -0.141. The molecule has 0 aliphatic heterocycles. The van der Waals surface area contributed by atoms with Crippen LogP contribution >= 0.6 is 23.2 Å². The molecule has 0 spiro atoms. The standard InChI is InChI=1S/C12H14Cl2N2O4/c1-2-19-11(17)6-15-12(18)16-7-20-10-4-3-8(13)5-9(10)14/h3-5H,2,6-7H2,1H3,(H2,15,16,18). The summed E-state index contributed by atoms with van der Waals surface area (Å²) in [6.07, 6.45) is 0. The van der Waals surface area contributed by atoms with Crippen LogP contribution in [0, 0.1) is 0 Å². The predicted octanol–water partition coefficient (Wildman–Crippen LogP) is 2.19. The molecule has 0 heterocycles. The molecule has 1 aromatic rings. The highest BCUT2D eigenvalue weighted by molar-refractivity contribution is 6.35. The number of carbonyl (C=O) groups is 2. The van der Waals surface area contributed by atoms with E-state index in [1.807, 2.05) is 0 Å². The Morgan fingerprint density at radius 2 is 2.00 bits per heavy atom. The first-order chi connectivity index (χ1) is 9.52. The lowest BCUT2D eigenvalue weighted by Crippen LogP contribution is -2.40. The smallest absolute Gasteiger partial charge is 0.325 e. The minimum Gasteiger partial charge on any atom is -0.472 e. The lowest BCUT2D eigenvalue weighted by Gasteiger charge is -2.10. The van der Waals surface area contributed by atoms with E-state index in [2.05, 4.69) is 15.4 Å². The average Bonchev–Trinajstić information content (AvgIpc) is 2.39. The zero-order valence-electron chi connectivity index (χ0n) is 10.7. The van der Waals surface area contributed by atoms with Gasteiger partial charge in [0.1, 0.15) is 12.3 Å². The van der Waals surface area contributed by atoms with Crippen LogP contribution in [0.2, 0.25) is 10.0 Å². The number of hydrogen-bond acceptors (Lipinski definition) is 4. The van der Waals surface area contributed by atoms with E-state index in [9.17, 15) is 9.59 Å². The van der Waals surface area contributed by atoms with E-state index in [4.69, 9.17) is 27.9 Å². The van der Waals surface area contributed by atoms with Crippen molar-refractivity contribution in [2.75, 3.05) is 19.9 Å². The number of urea groups is 1. The fourth-order valence-corrected chi connectivity index (χ4v) is 1.66. The Hall–Kier alpha value is -1.66. The molecule has 0 atom stereocenters. The number of amides is 2. The molecule has 0 fully saturated rings. The minimum absolute atomic E-state index is 0.101. The number of ether oxygens (including phenoxy) is 2. The first-order valence-corrected chi connectivity index (χ1v) is 6.53. The molecule has 1 rings (SSSR count). The fraction of sp³-hybridized carbons (Fsp3) is 0.333. The average molecular weight is 321 g/mol. The highest BCUT2D eigenvalue weighted by Gasteiger charge is 2.06. The molecule has 0 radical (unpaired) electrons. The molecule has 110 valence electrons. The Kier molecular flexibility index (Phi) is 6.97. The van der Waals surface area contributed by atoms with Gasteiger partial charge in [-0.2, -0.15) is 0 Å². The van der Waals surface area contributed by atoms with Crippen LogP contribution in [0.15, 0.2) is 18.2 Å². The van der Waals surface area contributed by atoms with E-state index in [0.717, 1.165) is 0 Å². The summed E-state index contributed by atoms with van der Waals surface area (Å²) in [5.41, 5.74) is 0. The van der Waals surface area contributed by atoms with E-state index in [-0.39, 0.29) is 19.9 Å². The topological polar surface area (TPSA) is 76.7 Å². The number of rotatable bonds is 6. The van der Waals surface area contributed by atoms with Crippen molar-refractivity contribution in [1.29, 1.82) is 0 Å². The van der Waals surface area contributed by atoms with Gasteiger partial charge in [0.05, 0.1) is 11.6 Å². The molecule has 6 nitrogen and oxygen atoms in total. The SMILES string of the molecule is CCOC(=O)CNC(=O)NCOc1ccc(Cl)cc1Cl. The number of esters is 1. The van der Waals surface area contributed by atoms with Crippen molar-refractivity contribution < 1.29 is 19.1 Å². The van der Waals surface area contributed by atoms with Gasteiger partial charge in [-0.25, -0.2) is 4.79 Å². The summed E-state index contributed by atoms with van der Waals surface area (Å²) >= 11 is 11.6. The second-order valence-electron chi connectivity index (χ2n) is 3.53. The van der Waals surface area contributed by atoms with Gasteiger partial charge in [0.25, 0.3) is 0 Å². The zero-order valence-corrected chi connectivity index (χ0v) is 12.3. The van der Waals surface area contributed by atoms with Crippen LogP contribution in [-0.4, -0.2) is 31.9 Å². The lowest BCUT2D eigenvalue weighted by atomic mass is 10.3. The Morgan fingerprint density at radius 1 is 1.25 bits per heavy atom. The largest absolute Gasteiger partial charge is 0.472 e. The highest BCUT2D eigenvalue weighted by Crippen LogP contribution is 2.27. The molecule has 20 heavy (non-hydrogen) atoms. The van der Waals surface area contributed by atoms with Gasteiger partial charge in [-0.15, -0.1) is 0 Å². The van der Waals surface area contributed by atoms with E-state index in [0.29, 0.717) is 15.8 Å². The number of halogens is 2. The molecule has 0 aliphatic carbocycles. The van der Waals surface area contributed by atoms with Crippen LogP contribution < -0.4 is 15.4 Å². The second-order valence-corrected chi connectivity index (χ2v) is 4.37. The van der Waals surface area contributed by atoms with E-state index in [1.165, 1.54) is 6.07 Å².